The van der Waals surface area contributed by atoms with Crippen molar-refractivity contribution in [1.82, 2.24) is 4.31 Å². The second-order valence-electron chi connectivity index (χ2n) is 7.71. The molecule has 2 aromatic carbocycles. The van der Waals surface area contributed by atoms with Gasteiger partial charge in [-0.1, -0.05) is 19.9 Å². The number of benzene rings is 2. The average molecular weight is 417 g/mol. The van der Waals surface area contributed by atoms with E-state index in [2.05, 4.69) is 19.2 Å². The molecule has 1 amide bonds. The van der Waals surface area contributed by atoms with Gasteiger partial charge in [-0.15, -0.1) is 0 Å². The molecule has 0 spiro atoms. The Balaban J connectivity index is 1.77. The van der Waals surface area contributed by atoms with Gasteiger partial charge in [0.15, 0.2) is 0 Å². The molecule has 0 radical (unpaired) electrons. The first-order valence-corrected chi connectivity index (χ1v) is 11.4. The van der Waals surface area contributed by atoms with E-state index in [1.165, 1.54) is 10.4 Å². The standard InChI is InChI=1S/C22H28N2O4S/c1-4-28-20-10-8-19(9-11-20)23-22(25)18-6-5-7-21(13-18)29(26,27)24-14-16(2)12-17(3)15-24/h5-11,13,16-17H,4,12,14-15H2,1-3H3,(H,23,25). The largest absolute Gasteiger partial charge is 0.494 e. The lowest BCUT2D eigenvalue weighted by Crippen LogP contribution is -2.42. The van der Waals surface area contributed by atoms with Crippen LogP contribution in [0.1, 0.15) is 37.6 Å². The molecule has 0 aromatic heterocycles. The van der Waals surface area contributed by atoms with Gasteiger partial charge in [0.2, 0.25) is 10.0 Å². The van der Waals surface area contributed by atoms with E-state index in [9.17, 15) is 13.2 Å². The van der Waals surface area contributed by atoms with Gasteiger partial charge in [-0.3, -0.25) is 4.79 Å². The van der Waals surface area contributed by atoms with Crippen LogP contribution in [0.15, 0.2) is 53.4 Å². The Labute approximate surface area is 172 Å². The number of carbonyl (C=O) groups is 1. The molecule has 7 heteroatoms. The predicted molar refractivity (Wildman–Crippen MR) is 114 cm³/mol. The first-order valence-electron chi connectivity index (χ1n) is 9.94. The number of nitrogens with one attached hydrogen (secondary N) is 1. The first kappa shape index (κ1) is 21.3. The van der Waals surface area contributed by atoms with E-state index in [0.717, 1.165) is 12.2 Å². The van der Waals surface area contributed by atoms with Crippen molar-refractivity contribution in [1.29, 1.82) is 0 Å². The number of amides is 1. The molecule has 1 aliphatic heterocycles. The van der Waals surface area contributed by atoms with Gasteiger partial charge < -0.3 is 10.1 Å². The van der Waals surface area contributed by atoms with Gasteiger partial charge >= 0.3 is 0 Å². The third-order valence-electron chi connectivity index (χ3n) is 4.99. The van der Waals surface area contributed by atoms with E-state index < -0.39 is 10.0 Å². The predicted octanol–water partition coefficient (Wildman–Crippen LogP) is 4.00. The molecule has 1 fully saturated rings. The lowest BCUT2D eigenvalue weighted by Gasteiger charge is -2.34. The van der Waals surface area contributed by atoms with Crippen molar-refractivity contribution in [2.45, 2.75) is 32.1 Å². The number of carbonyl (C=O) groups excluding carboxylic acids is 1. The van der Waals surface area contributed by atoms with E-state index in [-0.39, 0.29) is 10.8 Å². The number of hydrogen-bond donors (Lipinski definition) is 1. The highest BCUT2D eigenvalue weighted by molar-refractivity contribution is 7.89. The molecule has 2 unspecified atom stereocenters. The fourth-order valence-electron chi connectivity index (χ4n) is 3.75. The molecule has 1 aliphatic rings. The first-order chi connectivity index (χ1) is 13.8. The maximum absolute atomic E-state index is 13.1. The molecule has 1 heterocycles. The van der Waals surface area contributed by atoms with Crippen molar-refractivity contribution in [2.75, 3.05) is 25.0 Å². The van der Waals surface area contributed by atoms with Crippen molar-refractivity contribution in [3.05, 3.63) is 54.1 Å². The van der Waals surface area contributed by atoms with Crippen LogP contribution in [0.5, 0.6) is 5.75 Å². The van der Waals surface area contributed by atoms with Gasteiger partial charge in [-0.25, -0.2) is 8.42 Å². The molecule has 156 valence electrons. The lowest BCUT2D eigenvalue weighted by molar-refractivity contribution is 0.102. The summed E-state index contributed by atoms with van der Waals surface area (Å²) in [5.41, 5.74) is 0.920. The van der Waals surface area contributed by atoms with Crippen molar-refractivity contribution in [2.24, 2.45) is 11.8 Å². The minimum absolute atomic E-state index is 0.151. The van der Waals surface area contributed by atoms with Crippen molar-refractivity contribution in [3.63, 3.8) is 0 Å². The normalized spacial score (nSPS) is 20.2. The monoisotopic (exact) mass is 416 g/mol. The molecule has 0 aliphatic carbocycles. The van der Waals surface area contributed by atoms with Gasteiger partial charge in [0, 0.05) is 24.3 Å². The van der Waals surface area contributed by atoms with Crippen LogP contribution in [0.3, 0.4) is 0 Å². The van der Waals surface area contributed by atoms with Crippen LogP contribution in [0.25, 0.3) is 0 Å². The zero-order valence-corrected chi connectivity index (χ0v) is 17.9. The minimum atomic E-state index is -3.63. The number of sulfonamides is 1. The lowest BCUT2D eigenvalue weighted by atomic mass is 9.94. The highest BCUT2D eigenvalue weighted by atomic mass is 32.2. The van der Waals surface area contributed by atoms with Gasteiger partial charge in [0.1, 0.15) is 5.75 Å². The van der Waals surface area contributed by atoms with Crippen LogP contribution >= 0.6 is 0 Å². The van der Waals surface area contributed by atoms with Crippen LogP contribution in [0, 0.1) is 11.8 Å². The molecular formula is C22H28N2O4S. The SMILES string of the molecule is CCOc1ccc(NC(=O)c2cccc(S(=O)(=O)N3CC(C)CC(C)C3)c2)cc1. The second-order valence-corrected chi connectivity index (χ2v) is 9.65. The van der Waals surface area contributed by atoms with Gasteiger partial charge in [0.05, 0.1) is 11.5 Å². The Morgan fingerprint density at radius 3 is 2.38 bits per heavy atom. The molecule has 0 saturated carbocycles. The smallest absolute Gasteiger partial charge is 0.255 e. The van der Waals surface area contributed by atoms with Crippen LogP contribution in [-0.4, -0.2) is 38.3 Å². The van der Waals surface area contributed by atoms with E-state index in [0.29, 0.717) is 42.8 Å². The average Bonchev–Trinajstić information content (AvgIpc) is 2.69. The van der Waals surface area contributed by atoms with Crippen LogP contribution < -0.4 is 10.1 Å². The Morgan fingerprint density at radius 2 is 1.76 bits per heavy atom. The summed E-state index contributed by atoms with van der Waals surface area (Å²) in [7, 11) is -3.63. The van der Waals surface area contributed by atoms with Crippen molar-refractivity contribution < 1.29 is 17.9 Å². The molecule has 1 N–H and O–H groups in total. The summed E-state index contributed by atoms with van der Waals surface area (Å²) in [5, 5.41) is 2.80. The number of hydrogen-bond acceptors (Lipinski definition) is 4. The summed E-state index contributed by atoms with van der Waals surface area (Å²) in [6.07, 6.45) is 1.02. The number of nitrogens with zero attached hydrogens (tertiary/aromatic N) is 1. The maximum Gasteiger partial charge on any atom is 0.255 e. The zero-order chi connectivity index (χ0) is 21.0. The van der Waals surface area contributed by atoms with Crippen LogP contribution in [-0.2, 0) is 10.0 Å². The molecule has 0 bridgehead atoms. The highest BCUT2D eigenvalue weighted by Crippen LogP contribution is 2.27. The molecule has 2 atom stereocenters. The fourth-order valence-corrected chi connectivity index (χ4v) is 5.48. The van der Waals surface area contributed by atoms with Gasteiger partial charge in [-0.2, -0.15) is 4.31 Å². The number of anilines is 1. The summed E-state index contributed by atoms with van der Waals surface area (Å²) in [6, 6.07) is 13.3. The summed E-state index contributed by atoms with van der Waals surface area (Å²) >= 11 is 0. The highest BCUT2D eigenvalue weighted by Gasteiger charge is 2.31. The number of ether oxygens (including phenoxy) is 1. The quantitative estimate of drug-likeness (QED) is 0.772. The number of rotatable bonds is 6. The molecule has 1 saturated heterocycles. The molecule has 2 aromatic rings. The fraction of sp³-hybridized carbons (Fsp3) is 0.409. The van der Waals surface area contributed by atoms with Crippen LogP contribution in [0.2, 0.25) is 0 Å². The van der Waals surface area contributed by atoms with Crippen molar-refractivity contribution >= 4 is 21.6 Å². The van der Waals surface area contributed by atoms with E-state index in [1.54, 1.807) is 42.5 Å². The molecular weight excluding hydrogens is 388 g/mol. The van der Waals surface area contributed by atoms with Crippen LogP contribution in [0.4, 0.5) is 5.69 Å². The summed E-state index contributed by atoms with van der Waals surface area (Å²) in [5.74, 6) is 1.01. The second kappa shape index (κ2) is 8.97. The molecule has 6 nitrogen and oxygen atoms in total. The topological polar surface area (TPSA) is 75.7 Å². The van der Waals surface area contributed by atoms with E-state index >= 15 is 0 Å². The number of piperidine rings is 1. The third kappa shape index (κ3) is 5.16. The third-order valence-corrected chi connectivity index (χ3v) is 6.82. The molecule has 29 heavy (non-hydrogen) atoms. The minimum Gasteiger partial charge on any atom is -0.494 e. The van der Waals surface area contributed by atoms with E-state index in [1.807, 2.05) is 6.92 Å². The zero-order valence-electron chi connectivity index (χ0n) is 17.1. The van der Waals surface area contributed by atoms with E-state index in [4.69, 9.17) is 4.74 Å². The Kier molecular flexibility index (Phi) is 6.59. The molecule has 3 rings (SSSR count). The Morgan fingerprint density at radius 1 is 1.10 bits per heavy atom. The van der Waals surface area contributed by atoms with Crippen molar-refractivity contribution in [3.8, 4) is 5.75 Å². The maximum atomic E-state index is 13.1. The summed E-state index contributed by atoms with van der Waals surface area (Å²) < 4.78 is 33.1. The Hall–Kier alpha value is -2.38. The Bertz CT molecular complexity index is 947. The van der Waals surface area contributed by atoms with Gasteiger partial charge in [-0.05, 0) is 67.6 Å². The summed E-state index contributed by atoms with van der Waals surface area (Å²) in [6.45, 7) is 7.63. The summed E-state index contributed by atoms with van der Waals surface area (Å²) in [4.78, 5) is 12.8. The van der Waals surface area contributed by atoms with Gasteiger partial charge in [0.25, 0.3) is 5.91 Å².